The van der Waals surface area contributed by atoms with E-state index in [2.05, 4.69) is 49.4 Å². The van der Waals surface area contributed by atoms with E-state index in [0.29, 0.717) is 6.42 Å². The second-order valence-corrected chi connectivity index (χ2v) is 4.54. The van der Waals surface area contributed by atoms with Crippen LogP contribution in [0.25, 0.3) is 0 Å². The van der Waals surface area contributed by atoms with E-state index < -0.39 is 0 Å². The first-order chi connectivity index (χ1) is 8.60. The molecule has 4 N–H and O–H groups in total. The molecule has 4 nitrogen and oxygen atoms in total. The molecule has 0 saturated carbocycles. The van der Waals surface area contributed by atoms with Crippen molar-refractivity contribution in [1.29, 1.82) is 0 Å². The van der Waals surface area contributed by atoms with Crippen LogP contribution in [0, 0.1) is 6.92 Å². The average Bonchev–Trinajstić information content (AvgIpc) is 2.38. The summed E-state index contributed by atoms with van der Waals surface area (Å²) < 4.78 is 0. The van der Waals surface area contributed by atoms with Gasteiger partial charge in [-0.1, -0.05) is 25.1 Å². The van der Waals surface area contributed by atoms with Gasteiger partial charge in [-0.05, 0) is 43.0 Å². The number of hydrogen-bond donors (Lipinski definition) is 3. The third-order valence-corrected chi connectivity index (χ3v) is 3.17. The lowest BCUT2D eigenvalue weighted by molar-refractivity contribution is 0.316. The molecule has 0 spiro atoms. The van der Waals surface area contributed by atoms with Gasteiger partial charge in [0.15, 0.2) is 0 Å². The third-order valence-electron chi connectivity index (χ3n) is 3.17. The molecule has 1 aromatic carbocycles. The van der Waals surface area contributed by atoms with E-state index in [4.69, 9.17) is 10.9 Å². The summed E-state index contributed by atoms with van der Waals surface area (Å²) in [4.78, 5) is 0. The molecule has 0 saturated heterocycles. The Morgan fingerprint density at radius 2 is 2.17 bits per heavy atom. The molecule has 0 heterocycles. The predicted octanol–water partition coefficient (Wildman–Crippen LogP) is 2.88. The molecule has 0 fully saturated rings. The molecule has 0 aromatic heterocycles. The van der Waals surface area contributed by atoms with Crippen LogP contribution in [0.4, 0.5) is 5.69 Å². The van der Waals surface area contributed by atoms with Crippen LogP contribution in [0.1, 0.15) is 37.8 Å². The van der Waals surface area contributed by atoms with Crippen LogP contribution in [0.5, 0.6) is 0 Å². The quantitative estimate of drug-likeness (QED) is 0.314. The van der Waals surface area contributed by atoms with Gasteiger partial charge in [0.2, 0.25) is 0 Å². The number of nitrogens with two attached hydrogens (primary N) is 1. The van der Waals surface area contributed by atoms with Crippen molar-refractivity contribution in [2.45, 2.75) is 46.1 Å². The predicted molar refractivity (Wildman–Crippen MR) is 76.3 cm³/mol. The Labute approximate surface area is 109 Å². The van der Waals surface area contributed by atoms with E-state index >= 15 is 0 Å². The fourth-order valence-corrected chi connectivity index (χ4v) is 2.01. The van der Waals surface area contributed by atoms with Crippen molar-refractivity contribution in [3.63, 3.8) is 0 Å². The van der Waals surface area contributed by atoms with Gasteiger partial charge in [-0.3, -0.25) is 0 Å². The molecule has 0 aliphatic carbocycles. The van der Waals surface area contributed by atoms with Crippen molar-refractivity contribution in [2.24, 2.45) is 10.9 Å². The summed E-state index contributed by atoms with van der Waals surface area (Å²) >= 11 is 0. The Kier molecular flexibility index (Phi) is 5.49. The maximum Gasteiger partial charge on any atom is 0.141 e. The van der Waals surface area contributed by atoms with Gasteiger partial charge < -0.3 is 16.3 Å². The Balaban J connectivity index is 2.73. The minimum atomic E-state index is 0.188. The maximum absolute atomic E-state index is 8.59. The summed E-state index contributed by atoms with van der Waals surface area (Å²) in [5.41, 5.74) is 9.28. The monoisotopic (exact) mass is 249 g/mol. The number of anilines is 1. The maximum atomic E-state index is 8.59. The van der Waals surface area contributed by atoms with Crippen LogP contribution in [-0.2, 0) is 6.42 Å². The highest BCUT2D eigenvalue weighted by Crippen LogP contribution is 2.17. The van der Waals surface area contributed by atoms with E-state index in [1.54, 1.807) is 0 Å². The van der Waals surface area contributed by atoms with E-state index in [9.17, 15) is 0 Å². The summed E-state index contributed by atoms with van der Waals surface area (Å²) in [5.74, 6) is 0.260. The highest BCUT2D eigenvalue weighted by Gasteiger charge is 2.09. The summed E-state index contributed by atoms with van der Waals surface area (Å²) in [6.07, 6.45) is 2.51. The molecule has 4 heteroatoms. The average molecular weight is 249 g/mol. The van der Waals surface area contributed by atoms with Crippen LogP contribution < -0.4 is 11.1 Å². The molecule has 1 unspecified atom stereocenters. The van der Waals surface area contributed by atoms with E-state index in [-0.39, 0.29) is 11.9 Å². The van der Waals surface area contributed by atoms with Crippen LogP contribution in [0.3, 0.4) is 0 Å². The van der Waals surface area contributed by atoms with Crippen molar-refractivity contribution < 1.29 is 5.21 Å². The molecule has 0 radical (unpaired) electrons. The van der Waals surface area contributed by atoms with Gasteiger partial charge in [0.05, 0.1) is 0 Å². The third kappa shape index (κ3) is 3.95. The molecule has 1 aromatic rings. The fourth-order valence-electron chi connectivity index (χ4n) is 2.01. The number of nitrogens with one attached hydrogen (secondary N) is 1. The summed E-state index contributed by atoms with van der Waals surface area (Å²) in [6.45, 7) is 6.35. The first-order valence-electron chi connectivity index (χ1n) is 6.43. The minimum Gasteiger partial charge on any atom is -0.409 e. The lowest BCUT2D eigenvalue weighted by Gasteiger charge is -2.18. The summed E-state index contributed by atoms with van der Waals surface area (Å²) in [7, 11) is 0. The number of oxime groups is 1. The fraction of sp³-hybridized carbons (Fsp3) is 0.500. The number of amidine groups is 1. The number of aryl methyl sites for hydroxylation is 2. The Morgan fingerprint density at radius 3 is 2.67 bits per heavy atom. The largest absolute Gasteiger partial charge is 0.409 e. The van der Waals surface area contributed by atoms with Gasteiger partial charge in [0.25, 0.3) is 0 Å². The molecular weight excluding hydrogens is 226 g/mol. The molecule has 0 bridgehead atoms. The summed E-state index contributed by atoms with van der Waals surface area (Å²) in [5, 5.41) is 15.0. The topological polar surface area (TPSA) is 70.6 Å². The number of rotatable bonds is 6. The normalized spacial score (nSPS) is 13.4. The van der Waals surface area contributed by atoms with Crippen LogP contribution in [0.15, 0.2) is 23.4 Å². The molecule has 0 aliphatic rings. The van der Waals surface area contributed by atoms with Crippen LogP contribution in [0.2, 0.25) is 0 Å². The van der Waals surface area contributed by atoms with Gasteiger partial charge in [-0.25, -0.2) is 0 Å². The number of hydrogen-bond acceptors (Lipinski definition) is 3. The SMILES string of the molecule is CCc1ccc(NC(CC)C/C(N)=N/O)cc1C. The molecule has 1 rings (SSSR count). The zero-order valence-corrected chi connectivity index (χ0v) is 11.4. The molecule has 1 atom stereocenters. The molecule has 100 valence electrons. The lowest BCUT2D eigenvalue weighted by Crippen LogP contribution is -2.26. The lowest BCUT2D eigenvalue weighted by atomic mass is 10.0. The molecular formula is C14H23N3O. The zero-order chi connectivity index (χ0) is 13.5. The van der Waals surface area contributed by atoms with Crippen molar-refractivity contribution >= 4 is 11.5 Å². The van der Waals surface area contributed by atoms with Gasteiger partial charge in [0, 0.05) is 18.2 Å². The van der Waals surface area contributed by atoms with E-state index in [0.717, 1.165) is 18.5 Å². The van der Waals surface area contributed by atoms with Crippen molar-refractivity contribution in [2.75, 3.05) is 5.32 Å². The summed E-state index contributed by atoms with van der Waals surface area (Å²) in [6, 6.07) is 6.57. The van der Waals surface area contributed by atoms with Gasteiger partial charge >= 0.3 is 0 Å². The Morgan fingerprint density at radius 1 is 1.44 bits per heavy atom. The Bertz CT molecular complexity index is 416. The Hall–Kier alpha value is -1.71. The molecule has 0 aliphatic heterocycles. The number of benzene rings is 1. The van der Waals surface area contributed by atoms with Crippen molar-refractivity contribution in [1.82, 2.24) is 0 Å². The van der Waals surface area contributed by atoms with Crippen molar-refractivity contribution in [3.8, 4) is 0 Å². The van der Waals surface area contributed by atoms with Crippen molar-refractivity contribution in [3.05, 3.63) is 29.3 Å². The highest BCUT2D eigenvalue weighted by atomic mass is 16.4. The first-order valence-corrected chi connectivity index (χ1v) is 6.43. The molecule has 0 amide bonds. The van der Waals surface area contributed by atoms with E-state index in [1.165, 1.54) is 11.1 Å². The van der Waals surface area contributed by atoms with Crippen LogP contribution >= 0.6 is 0 Å². The van der Waals surface area contributed by atoms with Gasteiger partial charge in [0.1, 0.15) is 5.84 Å². The highest BCUT2D eigenvalue weighted by molar-refractivity contribution is 5.80. The smallest absolute Gasteiger partial charge is 0.141 e. The standard InChI is InChI=1S/C14H23N3O/c1-4-11-6-7-13(8-10(11)3)16-12(5-2)9-14(15)17-18/h6-8,12,16,18H,4-5,9H2,1-3H3,(H2,15,17). The second kappa shape index (κ2) is 6.89. The second-order valence-electron chi connectivity index (χ2n) is 4.54. The molecule has 18 heavy (non-hydrogen) atoms. The van der Waals surface area contributed by atoms with Gasteiger partial charge in [-0.15, -0.1) is 0 Å². The number of nitrogens with zero attached hydrogens (tertiary/aromatic N) is 1. The minimum absolute atomic E-state index is 0.188. The van der Waals surface area contributed by atoms with E-state index in [1.807, 2.05) is 0 Å². The first kappa shape index (κ1) is 14.4. The zero-order valence-electron chi connectivity index (χ0n) is 11.4. The van der Waals surface area contributed by atoms with Crippen LogP contribution in [-0.4, -0.2) is 17.1 Å². The van der Waals surface area contributed by atoms with Gasteiger partial charge in [-0.2, -0.15) is 0 Å².